The second-order valence-electron chi connectivity index (χ2n) is 6.98. The molecule has 0 atom stereocenters. The molecular formula is C19H21ClF5N3O4S. The van der Waals surface area contributed by atoms with E-state index in [4.69, 9.17) is 0 Å². The third-order valence-corrected chi connectivity index (χ3v) is 6.00. The molecule has 1 aliphatic rings. The van der Waals surface area contributed by atoms with Crippen molar-refractivity contribution in [1.29, 1.82) is 0 Å². The molecule has 1 heterocycles. The number of hydrogen-bond acceptors (Lipinski definition) is 6. The van der Waals surface area contributed by atoms with E-state index in [1.807, 2.05) is 11.9 Å². The molecule has 184 valence electrons. The lowest BCUT2D eigenvalue weighted by Gasteiger charge is -2.35. The lowest BCUT2D eigenvalue weighted by atomic mass is 10.2. The first-order valence-corrected chi connectivity index (χ1v) is 10.8. The fourth-order valence-corrected chi connectivity index (χ4v) is 4.20. The Balaban J connectivity index is 0.00000385. The number of sulfonamides is 1. The van der Waals surface area contributed by atoms with Crippen LogP contribution in [0.5, 0.6) is 11.5 Å². The molecule has 1 aliphatic heterocycles. The Hall–Kier alpha value is -2.51. The van der Waals surface area contributed by atoms with E-state index < -0.39 is 28.7 Å². The third-order valence-electron chi connectivity index (χ3n) is 4.62. The highest BCUT2D eigenvalue weighted by Gasteiger charge is 2.33. The largest absolute Gasteiger partial charge is 0.573 e. The molecule has 0 aromatic heterocycles. The monoisotopic (exact) mass is 517 g/mol. The second kappa shape index (κ2) is 10.6. The molecule has 0 aliphatic carbocycles. The number of hydrogen-bond donors (Lipinski definition) is 1. The van der Waals surface area contributed by atoms with Gasteiger partial charge in [-0.2, -0.15) is 8.78 Å². The van der Waals surface area contributed by atoms with Gasteiger partial charge in [0.15, 0.2) is 5.75 Å². The van der Waals surface area contributed by atoms with Crippen LogP contribution < -0.4 is 19.1 Å². The summed E-state index contributed by atoms with van der Waals surface area (Å²) in [5.74, 6) is -0.813. The first-order chi connectivity index (χ1) is 14.9. The van der Waals surface area contributed by atoms with E-state index in [2.05, 4.69) is 14.2 Å². The van der Waals surface area contributed by atoms with E-state index in [0.717, 1.165) is 18.2 Å². The Morgan fingerprint density at radius 2 is 1.70 bits per heavy atom. The van der Waals surface area contributed by atoms with Crippen LogP contribution in [-0.4, -0.2) is 59.5 Å². The summed E-state index contributed by atoms with van der Waals surface area (Å²) in [5.41, 5.74) is 0.0547. The van der Waals surface area contributed by atoms with Crippen LogP contribution in [0.15, 0.2) is 47.4 Å². The van der Waals surface area contributed by atoms with E-state index in [0.29, 0.717) is 26.2 Å². The van der Waals surface area contributed by atoms with Gasteiger partial charge in [-0.25, -0.2) is 8.42 Å². The molecule has 0 spiro atoms. The van der Waals surface area contributed by atoms with Crippen molar-refractivity contribution < 1.29 is 39.8 Å². The Morgan fingerprint density at radius 3 is 2.30 bits per heavy atom. The third kappa shape index (κ3) is 7.51. The van der Waals surface area contributed by atoms with E-state index >= 15 is 0 Å². The zero-order chi connectivity index (χ0) is 23.5. The summed E-state index contributed by atoms with van der Waals surface area (Å²) in [6.45, 7) is -1.12. The van der Waals surface area contributed by atoms with Gasteiger partial charge in [-0.15, -0.1) is 25.6 Å². The maximum Gasteiger partial charge on any atom is 0.573 e. The number of benzene rings is 2. The molecule has 1 N–H and O–H groups in total. The highest BCUT2D eigenvalue weighted by Crippen LogP contribution is 2.36. The molecular weight excluding hydrogens is 497 g/mol. The lowest BCUT2D eigenvalue weighted by molar-refractivity contribution is -0.274. The molecule has 0 amide bonds. The maximum absolute atomic E-state index is 12.8. The van der Waals surface area contributed by atoms with Crippen LogP contribution in [-0.2, 0) is 10.0 Å². The number of halogens is 6. The van der Waals surface area contributed by atoms with E-state index in [1.165, 1.54) is 24.3 Å². The summed E-state index contributed by atoms with van der Waals surface area (Å²) in [7, 11) is -2.36. The van der Waals surface area contributed by atoms with Gasteiger partial charge < -0.3 is 19.3 Å². The van der Waals surface area contributed by atoms with Crippen LogP contribution in [0.25, 0.3) is 0 Å². The van der Waals surface area contributed by atoms with E-state index in [1.54, 1.807) is 4.90 Å². The van der Waals surface area contributed by atoms with Crippen LogP contribution in [0, 0.1) is 0 Å². The van der Waals surface area contributed by atoms with Gasteiger partial charge in [-0.1, -0.05) is 6.07 Å². The summed E-state index contributed by atoms with van der Waals surface area (Å²) in [6.07, 6.45) is -4.92. The SMILES string of the molecule is CN1CCN(c2cc(NS(=O)(=O)c3cccc(OC(F)F)c3)ccc2OC(F)(F)F)CC1.Cl. The van der Waals surface area contributed by atoms with Crippen molar-refractivity contribution in [3.63, 3.8) is 0 Å². The summed E-state index contributed by atoms with van der Waals surface area (Å²) < 4.78 is 99.3. The molecule has 1 fully saturated rings. The van der Waals surface area contributed by atoms with Crippen molar-refractivity contribution in [3.8, 4) is 11.5 Å². The number of rotatable bonds is 7. The molecule has 0 saturated carbocycles. The minimum atomic E-state index is -4.92. The second-order valence-corrected chi connectivity index (χ2v) is 8.66. The van der Waals surface area contributed by atoms with Crippen molar-refractivity contribution in [2.75, 3.05) is 42.8 Å². The zero-order valence-corrected chi connectivity index (χ0v) is 18.8. The molecule has 3 rings (SSSR count). The molecule has 1 saturated heterocycles. The van der Waals surface area contributed by atoms with Gasteiger partial charge in [-0.05, 0) is 37.4 Å². The highest BCUT2D eigenvalue weighted by molar-refractivity contribution is 7.92. The van der Waals surface area contributed by atoms with Crippen LogP contribution in [0.1, 0.15) is 0 Å². The Morgan fingerprint density at radius 1 is 1.03 bits per heavy atom. The van der Waals surface area contributed by atoms with Crippen molar-refractivity contribution in [3.05, 3.63) is 42.5 Å². The predicted octanol–water partition coefficient (Wildman–Crippen LogP) is 4.16. The van der Waals surface area contributed by atoms with Crippen LogP contribution >= 0.6 is 12.4 Å². The smallest absolute Gasteiger partial charge is 0.435 e. The molecule has 0 bridgehead atoms. The average molecular weight is 518 g/mol. The molecule has 7 nitrogen and oxygen atoms in total. The Bertz CT molecular complexity index is 1050. The lowest BCUT2D eigenvalue weighted by Crippen LogP contribution is -2.44. The predicted molar refractivity (Wildman–Crippen MR) is 114 cm³/mol. The number of likely N-dealkylation sites (N-methyl/N-ethyl adjacent to an activating group) is 1. The maximum atomic E-state index is 12.8. The fraction of sp³-hybridized carbons (Fsp3) is 0.368. The minimum absolute atomic E-state index is 0. The van der Waals surface area contributed by atoms with Crippen LogP contribution in [0.2, 0.25) is 0 Å². The zero-order valence-electron chi connectivity index (χ0n) is 17.2. The summed E-state index contributed by atoms with van der Waals surface area (Å²) in [4.78, 5) is 3.31. The Labute approximate surface area is 193 Å². The number of nitrogens with one attached hydrogen (secondary N) is 1. The molecule has 14 heteroatoms. The number of piperazine rings is 1. The number of alkyl halides is 5. The first kappa shape index (κ1) is 26.7. The molecule has 2 aromatic carbocycles. The molecule has 2 aromatic rings. The fourth-order valence-electron chi connectivity index (χ4n) is 3.12. The quantitative estimate of drug-likeness (QED) is 0.556. The number of nitrogens with zero attached hydrogens (tertiary/aromatic N) is 2. The minimum Gasteiger partial charge on any atom is -0.435 e. The standard InChI is InChI=1S/C19H20F5N3O4S.ClH/c1-26-7-9-27(10-8-26)16-11-13(5-6-17(16)31-19(22,23)24)25-32(28,29)15-4-2-3-14(12-15)30-18(20)21;/h2-6,11-12,18,25H,7-10H2,1H3;1H. The summed E-state index contributed by atoms with van der Waals surface area (Å²) in [5, 5.41) is 0. The normalized spacial score (nSPS) is 15.2. The number of anilines is 2. The van der Waals surface area contributed by atoms with Crippen LogP contribution in [0.3, 0.4) is 0 Å². The van der Waals surface area contributed by atoms with Gasteiger partial charge in [0.25, 0.3) is 10.0 Å². The summed E-state index contributed by atoms with van der Waals surface area (Å²) >= 11 is 0. The van der Waals surface area contributed by atoms with Crippen molar-refractivity contribution in [2.45, 2.75) is 17.9 Å². The summed E-state index contributed by atoms with van der Waals surface area (Å²) in [6, 6.07) is 7.86. The van der Waals surface area contributed by atoms with E-state index in [9.17, 15) is 30.4 Å². The molecule has 33 heavy (non-hydrogen) atoms. The van der Waals surface area contributed by atoms with Gasteiger partial charge in [0.05, 0.1) is 16.3 Å². The topological polar surface area (TPSA) is 71.1 Å². The van der Waals surface area contributed by atoms with Crippen molar-refractivity contribution >= 4 is 33.8 Å². The average Bonchev–Trinajstić information content (AvgIpc) is 2.68. The molecule has 0 unspecified atom stereocenters. The molecule has 0 radical (unpaired) electrons. The number of ether oxygens (including phenoxy) is 2. The van der Waals surface area contributed by atoms with Gasteiger partial charge in [0, 0.05) is 32.2 Å². The van der Waals surface area contributed by atoms with Crippen molar-refractivity contribution in [2.24, 2.45) is 0 Å². The van der Waals surface area contributed by atoms with Gasteiger partial charge in [0.2, 0.25) is 0 Å². The van der Waals surface area contributed by atoms with Gasteiger partial charge in [0.1, 0.15) is 5.75 Å². The Kier molecular flexibility index (Phi) is 8.60. The highest BCUT2D eigenvalue weighted by atomic mass is 35.5. The van der Waals surface area contributed by atoms with Crippen LogP contribution in [0.4, 0.5) is 33.3 Å². The van der Waals surface area contributed by atoms with Gasteiger partial charge >= 0.3 is 13.0 Å². The van der Waals surface area contributed by atoms with E-state index in [-0.39, 0.29) is 34.4 Å². The first-order valence-electron chi connectivity index (χ1n) is 9.34. The van der Waals surface area contributed by atoms with Gasteiger partial charge in [-0.3, -0.25) is 4.72 Å². The van der Waals surface area contributed by atoms with Crippen molar-refractivity contribution in [1.82, 2.24) is 4.90 Å².